The third-order valence-electron chi connectivity index (χ3n) is 4.52. The first-order valence-corrected chi connectivity index (χ1v) is 9.24. The molecule has 0 saturated carbocycles. The van der Waals surface area contributed by atoms with Crippen molar-refractivity contribution >= 4 is 22.8 Å². The molecule has 0 unspecified atom stereocenters. The highest BCUT2D eigenvalue weighted by Gasteiger charge is 2.15. The number of para-hydroxylation sites is 2. The van der Waals surface area contributed by atoms with E-state index >= 15 is 0 Å². The van der Waals surface area contributed by atoms with Crippen molar-refractivity contribution in [3.8, 4) is 0 Å². The Balaban J connectivity index is 1.64. The summed E-state index contributed by atoms with van der Waals surface area (Å²) in [7, 11) is 0. The number of esters is 1. The predicted octanol–water partition coefficient (Wildman–Crippen LogP) is 3.31. The van der Waals surface area contributed by atoms with Crippen molar-refractivity contribution in [1.82, 2.24) is 9.13 Å². The number of ether oxygens (including phenoxy) is 1. The number of halogens is 2. The average molecular weight is 402 g/mol. The van der Waals surface area contributed by atoms with Gasteiger partial charge >= 0.3 is 11.7 Å². The molecule has 0 aliphatic heterocycles. The van der Waals surface area contributed by atoms with Crippen molar-refractivity contribution in [3.63, 3.8) is 0 Å². The summed E-state index contributed by atoms with van der Waals surface area (Å²) >= 11 is 0. The minimum absolute atomic E-state index is 0.0874. The van der Waals surface area contributed by atoms with Crippen LogP contribution in [0.3, 0.4) is 0 Å². The van der Waals surface area contributed by atoms with Gasteiger partial charge in [0.1, 0.15) is 0 Å². The highest BCUT2D eigenvalue weighted by molar-refractivity contribution is 5.97. The van der Waals surface area contributed by atoms with E-state index in [1.54, 1.807) is 10.6 Å². The van der Waals surface area contributed by atoms with Crippen LogP contribution in [0.1, 0.15) is 30.1 Å². The molecule has 0 N–H and O–H groups in total. The molecule has 0 atom stereocenters. The summed E-state index contributed by atoms with van der Waals surface area (Å²) in [4.78, 5) is 36.6. The topological polar surface area (TPSA) is 70.3 Å². The maximum absolute atomic E-state index is 13.2. The molecule has 0 aliphatic carbocycles. The van der Waals surface area contributed by atoms with E-state index in [1.807, 2.05) is 25.1 Å². The highest BCUT2D eigenvalue weighted by Crippen LogP contribution is 2.14. The van der Waals surface area contributed by atoms with Crippen LogP contribution < -0.4 is 5.69 Å². The number of hydrogen-bond acceptors (Lipinski definition) is 4. The second kappa shape index (κ2) is 8.81. The van der Waals surface area contributed by atoms with Gasteiger partial charge in [0, 0.05) is 18.7 Å². The van der Waals surface area contributed by atoms with E-state index in [0.717, 1.165) is 35.7 Å². The first-order chi connectivity index (χ1) is 13.9. The van der Waals surface area contributed by atoms with Crippen LogP contribution in [0, 0.1) is 11.6 Å². The molecule has 0 aliphatic rings. The quantitative estimate of drug-likeness (QED) is 0.428. The molecule has 0 radical (unpaired) electrons. The normalized spacial score (nSPS) is 11.0. The van der Waals surface area contributed by atoms with Gasteiger partial charge in [-0.25, -0.2) is 13.6 Å². The number of aromatic nitrogens is 2. The fraction of sp³-hybridized carbons (Fsp3) is 0.286. The van der Waals surface area contributed by atoms with Crippen molar-refractivity contribution in [2.45, 2.75) is 32.9 Å². The molecule has 152 valence electrons. The minimum atomic E-state index is -1.15. The first-order valence-electron chi connectivity index (χ1n) is 9.24. The molecule has 1 heterocycles. The zero-order valence-electron chi connectivity index (χ0n) is 15.9. The summed E-state index contributed by atoms with van der Waals surface area (Å²) < 4.78 is 34.2. The lowest BCUT2D eigenvalue weighted by molar-refractivity contribution is -0.142. The maximum atomic E-state index is 13.2. The lowest BCUT2D eigenvalue weighted by Crippen LogP contribution is -2.25. The fourth-order valence-electron chi connectivity index (χ4n) is 3.10. The third kappa shape index (κ3) is 4.42. The molecule has 3 aromatic rings. The molecule has 0 spiro atoms. The number of Topliss-reactive ketones (excluding diaryl/α,β-unsaturated/α-hetero) is 1. The number of aryl methyl sites for hydroxylation is 2. The van der Waals surface area contributed by atoms with Gasteiger partial charge in [0.05, 0.1) is 17.5 Å². The largest absolute Gasteiger partial charge is 0.457 e. The van der Waals surface area contributed by atoms with Gasteiger partial charge in [0.15, 0.2) is 24.0 Å². The minimum Gasteiger partial charge on any atom is -0.457 e. The Hall–Kier alpha value is -3.29. The number of nitrogens with zero attached hydrogens (tertiary/aromatic N) is 2. The molecule has 29 heavy (non-hydrogen) atoms. The van der Waals surface area contributed by atoms with Gasteiger partial charge in [0.25, 0.3) is 0 Å². The van der Waals surface area contributed by atoms with Crippen LogP contribution in [0.15, 0.2) is 47.3 Å². The van der Waals surface area contributed by atoms with Gasteiger partial charge < -0.3 is 4.74 Å². The van der Waals surface area contributed by atoms with E-state index in [0.29, 0.717) is 6.54 Å². The number of fused-ring (bicyclic) bond motifs is 1. The zero-order valence-corrected chi connectivity index (χ0v) is 15.9. The van der Waals surface area contributed by atoms with Crippen LogP contribution in [0.5, 0.6) is 0 Å². The summed E-state index contributed by atoms with van der Waals surface area (Å²) in [5.41, 5.74) is 1.21. The van der Waals surface area contributed by atoms with Crippen molar-refractivity contribution < 1.29 is 23.1 Å². The van der Waals surface area contributed by atoms with E-state index < -0.39 is 30.0 Å². The summed E-state index contributed by atoms with van der Waals surface area (Å²) in [5.74, 6) is -3.52. The lowest BCUT2D eigenvalue weighted by atomic mass is 10.1. The molecule has 0 fully saturated rings. The van der Waals surface area contributed by atoms with Gasteiger partial charge in [-0.15, -0.1) is 0 Å². The van der Waals surface area contributed by atoms with E-state index in [9.17, 15) is 23.2 Å². The predicted molar refractivity (Wildman–Crippen MR) is 103 cm³/mol. The highest BCUT2D eigenvalue weighted by atomic mass is 19.2. The number of rotatable bonds is 8. The second-order valence-electron chi connectivity index (χ2n) is 6.54. The number of benzene rings is 2. The Morgan fingerprint density at radius 1 is 0.966 bits per heavy atom. The Bertz CT molecular complexity index is 1120. The molecule has 0 saturated heterocycles. The van der Waals surface area contributed by atoms with Crippen LogP contribution in [0.2, 0.25) is 0 Å². The van der Waals surface area contributed by atoms with E-state index in [2.05, 4.69) is 0 Å². The number of imidazole rings is 1. The smallest absolute Gasteiger partial charge is 0.329 e. The van der Waals surface area contributed by atoms with Crippen molar-refractivity contribution in [1.29, 1.82) is 0 Å². The van der Waals surface area contributed by atoms with E-state index in [1.165, 1.54) is 4.57 Å². The van der Waals surface area contributed by atoms with Gasteiger partial charge in [-0.1, -0.05) is 19.1 Å². The van der Waals surface area contributed by atoms with Crippen LogP contribution in [-0.2, 0) is 22.6 Å². The molecule has 0 bridgehead atoms. The summed E-state index contributed by atoms with van der Waals surface area (Å²) in [5, 5.41) is 0. The Labute approximate surface area is 165 Å². The molecule has 1 aromatic heterocycles. The molecule has 2 aromatic carbocycles. The first kappa shape index (κ1) is 20.4. The number of ketones is 1. The SMILES string of the molecule is CCCn1c(=O)n(CCC(=O)OCC(=O)c2ccc(F)c(F)c2)c2ccccc21. The van der Waals surface area contributed by atoms with Crippen LogP contribution in [-0.4, -0.2) is 27.5 Å². The standard InChI is InChI=1S/C21H20F2N2O4/c1-2-10-24-17-5-3-4-6-18(17)25(21(24)28)11-9-20(27)29-13-19(26)14-7-8-15(22)16(23)12-14/h3-8,12H,2,9-11,13H2,1H3. The van der Waals surface area contributed by atoms with Crippen LogP contribution >= 0.6 is 0 Å². The van der Waals surface area contributed by atoms with Crippen molar-refractivity contribution in [2.75, 3.05) is 6.61 Å². The van der Waals surface area contributed by atoms with E-state index in [4.69, 9.17) is 4.74 Å². The van der Waals surface area contributed by atoms with Gasteiger partial charge in [0.2, 0.25) is 0 Å². The molecular weight excluding hydrogens is 382 g/mol. The van der Waals surface area contributed by atoms with Crippen molar-refractivity contribution in [3.05, 3.63) is 70.1 Å². The molecule has 6 nitrogen and oxygen atoms in total. The van der Waals surface area contributed by atoms with Crippen LogP contribution in [0.25, 0.3) is 11.0 Å². The fourth-order valence-corrected chi connectivity index (χ4v) is 3.10. The second-order valence-corrected chi connectivity index (χ2v) is 6.54. The Morgan fingerprint density at radius 2 is 1.62 bits per heavy atom. The zero-order chi connectivity index (χ0) is 21.0. The molecular formula is C21H20F2N2O4. The summed E-state index contributed by atoms with van der Waals surface area (Å²) in [6.45, 7) is 2.06. The molecule has 0 amide bonds. The third-order valence-corrected chi connectivity index (χ3v) is 4.52. The van der Waals surface area contributed by atoms with E-state index in [-0.39, 0.29) is 24.2 Å². The lowest BCUT2D eigenvalue weighted by Gasteiger charge is -2.06. The van der Waals surface area contributed by atoms with Gasteiger partial charge in [-0.05, 0) is 36.8 Å². The number of hydrogen-bond donors (Lipinski definition) is 0. The van der Waals surface area contributed by atoms with Gasteiger partial charge in [-0.3, -0.25) is 18.7 Å². The summed E-state index contributed by atoms with van der Waals surface area (Å²) in [6.07, 6.45) is 0.688. The maximum Gasteiger partial charge on any atom is 0.329 e. The number of carbonyl (C=O) groups excluding carboxylic acids is 2. The van der Waals surface area contributed by atoms with Crippen LogP contribution in [0.4, 0.5) is 8.78 Å². The monoisotopic (exact) mass is 402 g/mol. The molecule has 3 rings (SSSR count). The van der Waals surface area contributed by atoms with Gasteiger partial charge in [-0.2, -0.15) is 0 Å². The number of carbonyl (C=O) groups is 2. The molecule has 8 heteroatoms. The van der Waals surface area contributed by atoms with Crippen molar-refractivity contribution in [2.24, 2.45) is 0 Å². The Morgan fingerprint density at radius 3 is 2.24 bits per heavy atom. The summed E-state index contributed by atoms with van der Waals surface area (Å²) in [6, 6.07) is 10.0. The average Bonchev–Trinajstić information content (AvgIpc) is 2.98. The Kier molecular flexibility index (Phi) is 6.21.